The molecule has 1 aromatic heterocycles. The molecule has 0 bridgehead atoms. The van der Waals surface area contributed by atoms with E-state index in [0.717, 1.165) is 18.7 Å². The van der Waals surface area contributed by atoms with Crippen LogP contribution in [0.25, 0.3) is 0 Å². The van der Waals surface area contributed by atoms with E-state index in [9.17, 15) is 8.78 Å². The molecule has 1 heterocycles. The van der Waals surface area contributed by atoms with Crippen molar-refractivity contribution in [2.24, 2.45) is 0 Å². The van der Waals surface area contributed by atoms with Gasteiger partial charge in [-0.1, -0.05) is 18.1 Å². The topological polar surface area (TPSA) is 63.0 Å². The summed E-state index contributed by atoms with van der Waals surface area (Å²) in [6, 6.07) is 3.51. The number of hydrogen-bond acceptors (Lipinski definition) is 5. The van der Waals surface area contributed by atoms with Gasteiger partial charge in [-0.2, -0.15) is 0 Å². The second-order valence-electron chi connectivity index (χ2n) is 3.50. The van der Waals surface area contributed by atoms with Crippen LogP contribution in [0, 0.1) is 11.6 Å². The minimum atomic E-state index is -0.721. The molecule has 0 amide bonds. The Morgan fingerprint density at radius 3 is 2.61 bits per heavy atom. The summed E-state index contributed by atoms with van der Waals surface area (Å²) in [6.45, 7) is 3.10. The zero-order chi connectivity index (χ0) is 13.0. The number of anilines is 2. The van der Waals surface area contributed by atoms with Gasteiger partial charge in [0, 0.05) is 0 Å². The smallest absolute Gasteiger partial charge is 0.320 e. The highest BCUT2D eigenvalue weighted by Gasteiger charge is 2.12. The molecule has 96 valence electrons. The largest absolute Gasteiger partial charge is 0.406 e. The predicted octanol–water partition coefficient (Wildman–Crippen LogP) is 2.20. The quantitative estimate of drug-likeness (QED) is 0.856. The highest BCUT2D eigenvalue weighted by atomic mass is 19.1. The third-order valence-electron chi connectivity index (χ3n) is 2.19. The van der Waals surface area contributed by atoms with Gasteiger partial charge < -0.3 is 15.1 Å². The zero-order valence-electron chi connectivity index (χ0n) is 9.70. The Morgan fingerprint density at radius 2 is 1.94 bits per heavy atom. The molecule has 0 radical (unpaired) electrons. The Balaban J connectivity index is 2.11. The molecule has 0 saturated carbocycles. The lowest BCUT2D eigenvalue weighted by Crippen LogP contribution is -2.11. The van der Waals surface area contributed by atoms with Crippen LogP contribution in [-0.2, 0) is 6.54 Å². The highest BCUT2D eigenvalue weighted by molar-refractivity contribution is 5.53. The molecular weight excluding hydrogens is 242 g/mol. The van der Waals surface area contributed by atoms with Crippen LogP contribution in [0.1, 0.15) is 12.8 Å². The first-order chi connectivity index (χ1) is 8.70. The standard InChI is InChI=1S/C11H12F2N4O/c1-2-14-6-9-16-17-11(18-9)15-10-7(12)4-3-5-8(10)13/h3-5,14H,2,6H2,1H3,(H,15,17). The van der Waals surface area contributed by atoms with E-state index in [2.05, 4.69) is 20.8 Å². The van der Waals surface area contributed by atoms with Crippen LogP contribution in [0.15, 0.2) is 22.6 Å². The first-order valence-electron chi connectivity index (χ1n) is 5.45. The van der Waals surface area contributed by atoms with E-state index in [1.807, 2.05) is 6.92 Å². The van der Waals surface area contributed by atoms with E-state index < -0.39 is 11.6 Å². The molecule has 0 spiro atoms. The maximum absolute atomic E-state index is 13.3. The van der Waals surface area contributed by atoms with Gasteiger partial charge in [-0.05, 0) is 18.7 Å². The van der Waals surface area contributed by atoms with Crippen molar-refractivity contribution in [2.45, 2.75) is 13.5 Å². The number of rotatable bonds is 5. The molecule has 5 nitrogen and oxygen atoms in total. The highest BCUT2D eigenvalue weighted by Crippen LogP contribution is 2.22. The normalized spacial score (nSPS) is 10.6. The molecule has 7 heteroatoms. The lowest BCUT2D eigenvalue weighted by molar-refractivity contribution is 0.483. The third kappa shape index (κ3) is 2.80. The van der Waals surface area contributed by atoms with E-state index in [4.69, 9.17) is 4.42 Å². The molecule has 1 aromatic carbocycles. The fraction of sp³-hybridized carbons (Fsp3) is 0.273. The number of para-hydroxylation sites is 1. The SMILES string of the molecule is CCNCc1nnc(Nc2c(F)cccc2F)o1. The Bertz CT molecular complexity index is 509. The summed E-state index contributed by atoms with van der Waals surface area (Å²) >= 11 is 0. The van der Waals surface area contributed by atoms with Gasteiger partial charge in [0.2, 0.25) is 5.89 Å². The zero-order valence-corrected chi connectivity index (χ0v) is 9.70. The summed E-state index contributed by atoms with van der Waals surface area (Å²) in [5.41, 5.74) is -0.309. The van der Waals surface area contributed by atoms with Crippen molar-refractivity contribution in [3.05, 3.63) is 35.7 Å². The van der Waals surface area contributed by atoms with E-state index in [-0.39, 0.29) is 11.7 Å². The van der Waals surface area contributed by atoms with Crippen LogP contribution >= 0.6 is 0 Å². The summed E-state index contributed by atoms with van der Waals surface area (Å²) in [4.78, 5) is 0. The van der Waals surface area contributed by atoms with Gasteiger partial charge in [-0.15, -0.1) is 5.10 Å². The van der Waals surface area contributed by atoms with E-state index in [0.29, 0.717) is 12.4 Å². The molecule has 0 atom stereocenters. The van der Waals surface area contributed by atoms with Crippen molar-refractivity contribution in [3.63, 3.8) is 0 Å². The van der Waals surface area contributed by atoms with E-state index in [1.165, 1.54) is 6.07 Å². The summed E-state index contributed by atoms with van der Waals surface area (Å²) in [5.74, 6) is -1.10. The molecule has 0 fully saturated rings. The number of halogens is 2. The third-order valence-corrected chi connectivity index (χ3v) is 2.19. The molecule has 0 aliphatic carbocycles. The lowest BCUT2D eigenvalue weighted by atomic mass is 10.3. The molecular formula is C11H12F2N4O. The van der Waals surface area contributed by atoms with Crippen molar-refractivity contribution >= 4 is 11.7 Å². The molecule has 0 aliphatic rings. The second kappa shape index (κ2) is 5.54. The molecule has 0 aliphatic heterocycles. The Morgan fingerprint density at radius 1 is 1.22 bits per heavy atom. The van der Waals surface area contributed by atoms with Gasteiger partial charge in [0.25, 0.3) is 0 Å². The van der Waals surface area contributed by atoms with E-state index in [1.54, 1.807) is 0 Å². The number of hydrogen-bond donors (Lipinski definition) is 2. The fourth-order valence-electron chi connectivity index (χ4n) is 1.33. The van der Waals surface area contributed by atoms with Crippen LogP contribution in [0.4, 0.5) is 20.5 Å². The average molecular weight is 254 g/mol. The van der Waals surface area contributed by atoms with Crippen LogP contribution in [0.5, 0.6) is 0 Å². The van der Waals surface area contributed by atoms with Crippen LogP contribution in [0.2, 0.25) is 0 Å². The molecule has 0 unspecified atom stereocenters. The molecule has 2 aromatic rings. The number of nitrogens with one attached hydrogen (secondary N) is 2. The molecule has 2 rings (SSSR count). The Hall–Kier alpha value is -2.02. The molecule has 18 heavy (non-hydrogen) atoms. The van der Waals surface area contributed by atoms with Gasteiger partial charge >= 0.3 is 6.01 Å². The van der Waals surface area contributed by atoms with Crippen LogP contribution in [-0.4, -0.2) is 16.7 Å². The Kier molecular flexibility index (Phi) is 3.83. The molecule has 0 saturated heterocycles. The van der Waals surface area contributed by atoms with Crippen molar-refractivity contribution in [1.82, 2.24) is 15.5 Å². The van der Waals surface area contributed by atoms with E-state index >= 15 is 0 Å². The minimum Gasteiger partial charge on any atom is -0.406 e. The van der Waals surface area contributed by atoms with Gasteiger partial charge in [0.05, 0.1) is 6.54 Å². The lowest BCUT2D eigenvalue weighted by Gasteiger charge is -2.03. The monoisotopic (exact) mass is 254 g/mol. The summed E-state index contributed by atoms with van der Waals surface area (Å²) < 4.78 is 31.9. The Labute approximate surface area is 102 Å². The van der Waals surface area contributed by atoms with Crippen molar-refractivity contribution in [2.75, 3.05) is 11.9 Å². The predicted molar refractivity (Wildman–Crippen MR) is 61.3 cm³/mol. The maximum Gasteiger partial charge on any atom is 0.320 e. The minimum absolute atomic E-state index is 0.0492. The van der Waals surface area contributed by atoms with Crippen LogP contribution < -0.4 is 10.6 Å². The summed E-state index contributed by atoms with van der Waals surface area (Å²) in [7, 11) is 0. The van der Waals surface area contributed by atoms with Gasteiger partial charge in [-0.25, -0.2) is 8.78 Å². The number of nitrogens with zero attached hydrogens (tertiary/aromatic N) is 2. The second-order valence-corrected chi connectivity index (χ2v) is 3.50. The van der Waals surface area contributed by atoms with Crippen LogP contribution in [0.3, 0.4) is 0 Å². The maximum atomic E-state index is 13.3. The van der Waals surface area contributed by atoms with Gasteiger partial charge in [0.1, 0.15) is 17.3 Å². The van der Waals surface area contributed by atoms with Gasteiger partial charge in [-0.3, -0.25) is 0 Å². The van der Waals surface area contributed by atoms with Crippen molar-refractivity contribution in [3.8, 4) is 0 Å². The summed E-state index contributed by atoms with van der Waals surface area (Å²) in [5, 5.41) is 12.8. The van der Waals surface area contributed by atoms with Crippen molar-refractivity contribution < 1.29 is 13.2 Å². The number of aromatic nitrogens is 2. The average Bonchev–Trinajstić information content (AvgIpc) is 2.79. The first kappa shape index (κ1) is 12.4. The molecule has 2 N–H and O–H groups in total. The fourth-order valence-corrected chi connectivity index (χ4v) is 1.33. The van der Waals surface area contributed by atoms with Gasteiger partial charge in [0.15, 0.2) is 0 Å². The van der Waals surface area contributed by atoms with Crippen molar-refractivity contribution in [1.29, 1.82) is 0 Å². The number of benzene rings is 1. The summed E-state index contributed by atoms with van der Waals surface area (Å²) in [6.07, 6.45) is 0. The first-order valence-corrected chi connectivity index (χ1v) is 5.45.